The zero-order valence-corrected chi connectivity index (χ0v) is 19.6. The Hall–Kier alpha value is -3.45. The minimum atomic E-state index is 0. The Labute approximate surface area is 194 Å². The van der Waals surface area contributed by atoms with Gasteiger partial charge in [0.1, 0.15) is 5.75 Å². The van der Waals surface area contributed by atoms with Crippen LogP contribution in [0, 0.1) is 0 Å². The molecule has 0 aliphatic carbocycles. The minimum Gasteiger partial charge on any atom is -0.494 e. The number of benzene rings is 2. The van der Waals surface area contributed by atoms with Gasteiger partial charge in [0.2, 0.25) is 5.95 Å². The topological polar surface area (TPSA) is 81.2 Å². The average Bonchev–Trinajstić information content (AvgIpc) is 3.13. The van der Waals surface area contributed by atoms with Crippen LogP contribution in [0.5, 0.6) is 5.75 Å². The van der Waals surface area contributed by atoms with Gasteiger partial charge in [-0.1, -0.05) is 18.2 Å². The summed E-state index contributed by atoms with van der Waals surface area (Å²) in [4.78, 5) is 11.4. The van der Waals surface area contributed by atoms with Gasteiger partial charge in [-0.3, -0.25) is 0 Å². The molecule has 0 fully saturated rings. The van der Waals surface area contributed by atoms with E-state index in [-0.39, 0.29) is 12.4 Å². The molecule has 2 heterocycles. The van der Waals surface area contributed by atoms with Crippen LogP contribution in [0.1, 0.15) is 13.8 Å². The molecule has 0 saturated carbocycles. The van der Waals surface area contributed by atoms with Crippen LogP contribution >= 0.6 is 12.4 Å². The SMILES string of the molecule is CCN(CC)c1cc(OC)c(Nc2nccc(-c3cn(C)c4ccccc34)n2)cc1N.Cl. The summed E-state index contributed by atoms with van der Waals surface area (Å²) in [7, 11) is 3.69. The molecule has 0 amide bonds. The van der Waals surface area contributed by atoms with Crippen molar-refractivity contribution in [3.63, 3.8) is 0 Å². The molecule has 0 aliphatic heterocycles. The molecule has 168 valence electrons. The highest BCUT2D eigenvalue weighted by Crippen LogP contribution is 2.37. The quantitative estimate of drug-likeness (QED) is 0.373. The van der Waals surface area contributed by atoms with E-state index in [9.17, 15) is 0 Å². The first kappa shape index (κ1) is 23.2. The van der Waals surface area contributed by atoms with Crippen molar-refractivity contribution in [3.8, 4) is 17.0 Å². The van der Waals surface area contributed by atoms with Crippen LogP contribution in [0.2, 0.25) is 0 Å². The van der Waals surface area contributed by atoms with Crippen LogP contribution in [-0.4, -0.2) is 34.7 Å². The molecule has 0 bridgehead atoms. The number of anilines is 4. The van der Waals surface area contributed by atoms with Crippen LogP contribution in [0.3, 0.4) is 0 Å². The van der Waals surface area contributed by atoms with E-state index in [1.807, 2.05) is 37.4 Å². The first-order valence-corrected chi connectivity index (χ1v) is 10.4. The number of methoxy groups -OCH3 is 1. The predicted molar refractivity (Wildman–Crippen MR) is 135 cm³/mol. The summed E-state index contributed by atoms with van der Waals surface area (Å²) in [5.74, 6) is 1.17. The largest absolute Gasteiger partial charge is 0.494 e. The van der Waals surface area contributed by atoms with Crippen molar-refractivity contribution in [1.82, 2.24) is 14.5 Å². The van der Waals surface area contributed by atoms with E-state index in [0.29, 0.717) is 17.4 Å². The number of nitrogens with one attached hydrogen (secondary N) is 1. The maximum atomic E-state index is 6.36. The number of aryl methyl sites for hydroxylation is 1. The van der Waals surface area contributed by atoms with Crippen LogP contribution < -0.4 is 20.7 Å². The fourth-order valence-electron chi connectivity index (χ4n) is 3.93. The van der Waals surface area contributed by atoms with Gasteiger partial charge in [-0.25, -0.2) is 9.97 Å². The first-order chi connectivity index (χ1) is 15.0. The van der Waals surface area contributed by atoms with Crippen LogP contribution in [0.15, 0.2) is 54.9 Å². The molecule has 32 heavy (non-hydrogen) atoms. The lowest BCUT2D eigenvalue weighted by atomic mass is 10.1. The van der Waals surface area contributed by atoms with Gasteiger partial charge in [0.25, 0.3) is 0 Å². The minimum absolute atomic E-state index is 0. The fraction of sp³-hybridized carbons (Fsp3) is 0.250. The predicted octanol–water partition coefficient (Wildman–Crippen LogP) is 5.24. The van der Waals surface area contributed by atoms with Gasteiger partial charge < -0.3 is 25.3 Å². The second-order valence-corrected chi connectivity index (χ2v) is 7.34. The van der Waals surface area contributed by atoms with Crippen LogP contribution in [0.25, 0.3) is 22.2 Å². The number of ether oxygens (including phenoxy) is 1. The maximum absolute atomic E-state index is 6.36. The third kappa shape index (κ3) is 4.29. The zero-order chi connectivity index (χ0) is 22.0. The van der Waals surface area contributed by atoms with Crippen LogP contribution in [-0.2, 0) is 7.05 Å². The third-order valence-electron chi connectivity index (χ3n) is 5.53. The number of aromatic nitrogens is 3. The van der Waals surface area contributed by atoms with Crippen molar-refractivity contribution in [2.45, 2.75) is 13.8 Å². The highest BCUT2D eigenvalue weighted by atomic mass is 35.5. The summed E-state index contributed by atoms with van der Waals surface area (Å²) in [6, 6.07) is 14.0. The highest BCUT2D eigenvalue weighted by molar-refractivity contribution is 5.95. The number of nitrogen functional groups attached to an aromatic ring is 1. The number of nitrogens with two attached hydrogens (primary N) is 1. The molecular weight excluding hydrogens is 424 g/mol. The monoisotopic (exact) mass is 452 g/mol. The number of hydrogen-bond acceptors (Lipinski definition) is 6. The number of halogens is 1. The van der Waals surface area contributed by atoms with Gasteiger partial charge in [0, 0.05) is 55.1 Å². The molecule has 0 atom stereocenters. The lowest BCUT2D eigenvalue weighted by Gasteiger charge is -2.24. The zero-order valence-electron chi connectivity index (χ0n) is 18.8. The van der Waals surface area contributed by atoms with E-state index in [1.165, 1.54) is 0 Å². The summed E-state index contributed by atoms with van der Waals surface area (Å²) in [5, 5.41) is 4.43. The van der Waals surface area contributed by atoms with Crippen molar-refractivity contribution in [2.24, 2.45) is 7.05 Å². The third-order valence-corrected chi connectivity index (χ3v) is 5.53. The Morgan fingerprint density at radius 1 is 1.12 bits per heavy atom. The smallest absolute Gasteiger partial charge is 0.227 e. The summed E-state index contributed by atoms with van der Waals surface area (Å²) in [6.07, 6.45) is 3.85. The first-order valence-electron chi connectivity index (χ1n) is 10.4. The Kier molecular flexibility index (Phi) is 7.10. The number of para-hydroxylation sites is 1. The molecule has 0 spiro atoms. The molecule has 2 aromatic heterocycles. The van der Waals surface area contributed by atoms with Gasteiger partial charge in [-0.15, -0.1) is 12.4 Å². The Balaban J connectivity index is 0.00000289. The number of nitrogens with zero attached hydrogens (tertiary/aromatic N) is 4. The van der Waals surface area contributed by atoms with E-state index in [0.717, 1.165) is 46.6 Å². The molecule has 0 aliphatic rings. The van der Waals surface area contributed by atoms with Crippen LogP contribution in [0.4, 0.5) is 23.0 Å². The second-order valence-electron chi connectivity index (χ2n) is 7.34. The summed E-state index contributed by atoms with van der Waals surface area (Å²) in [6.45, 7) is 5.95. The standard InChI is InChI=1S/C24H28N6O.ClH/c1-5-30(6-2)22-14-23(31-4)20(13-18(22)25)28-24-26-12-11-19(27-24)17-15-29(3)21-10-8-7-9-16(17)21;/h7-15H,5-6,25H2,1-4H3,(H,26,27,28);1H. The highest BCUT2D eigenvalue weighted by Gasteiger charge is 2.15. The van der Waals surface area contributed by atoms with Gasteiger partial charge >= 0.3 is 0 Å². The van der Waals surface area contributed by atoms with Crippen molar-refractivity contribution < 1.29 is 4.74 Å². The summed E-state index contributed by atoms with van der Waals surface area (Å²) < 4.78 is 7.73. The van der Waals surface area contributed by atoms with Gasteiger partial charge in [-0.05, 0) is 32.0 Å². The molecule has 4 aromatic rings. The van der Waals surface area contributed by atoms with E-state index >= 15 is 0 Å². The van der Waals surface area contributed by atoms with E-state index in [4.69, 9.17) is 15.5 Å². The maximum Gasteiger partial charge on any atom is 0.227 e. The lowest BCUT2D eigenvalue weighted by Crippen LogP contribution is -2.23. The van der Waals surface area contributed by atoms with Crippen molar-refractivity contribution in [1.29, 1.82) is 0 Å². The summed E-state index contributed by atoms with van der Waals surface area (Å²) >= 11 is 0. The normalized spacial score (nSPS) is 10.6. The van der Waals surface area contributed by atoms with E-state index in [2.05, 4.69) is 51.9 Å². The molecule has 3 N–H and O–H groups in total. The molecular formula is C24H29ClN6O. The fourth-order valence-corrected chi connectivity index (χ4v) is 3.93. The Morgan fingerprint density at radius 2 is 1.88 bits per heavy atom. The molecule has 0 unspecified atom stereocenters. The van der Waals surface area contributed by atoms with Crippen molar-refractivity contribution in [3.05, 3.63) is 54.9 Å². The number of rotatable bonds is 7. The lowest BCUT2D eigenvalue weighted by molar-refractivity contribution is 0.417. The number of hydrogen-bond donors (Lipinski definition) is 2. The van der Waals surface area contributed by atoms with Crippen molar-refractivity contribution in [2.75, 3.05) is 36.1 Å². The molecule has 0 saturated heterocycles. The van der Waals surface area contributed by atoms with Gasteiger partial charge in [0.15, 0.2) is 0 Å². The van der Waals surface area contributed by atoms with Gasteiger partial charge in [0.05, 0.1) is 29.9 Å². The van der Waals surface area contributed by atoms with E-state index < -0.39 is 0 Å². The van der Waals surface area contributed by atoms with Gasteiger partial charge in [-0.2, -0.15) is 0 Å². The second kappa shape index (κ2) is 9.78. The molecule has 4 rings (SSSR count). The van der Waals surface area contributed by atoms with Crippen molar-refractivity contribution >= 4 is 46.3 Å². The Bertz CT molecular complexity index is 1220. The Morgan fingerprint density at radius 3 is 2.59 bits per heavy atom. The molecule has 7 nitrogen and oxygen atoms in total. The molecule has 8 heteroatoms. The van der Waals surface area contributed by atoms with E-state index in [1.54, 1.807) is 13.3 Å². The number of fused-ring (bicyclic) bond motifs is 1. The molecule has 0 radical (unpaired) electrons. The average molecular weight is 453 g/mol. The molecule has 2 aromatic carbocycles. The summed E-state index contributed by atoms with van der Waals surface area (Å²) in [5.41, 5.74) is 11.8.